The van der Waals surface area contributed by atoms with Crippen LogP contribution in [0.15, 0.2) is 23.1 Å². The van der Waals surface area contributed by atoms with Crippen molar-refractivity contribution in [2.45, 2.75) is 44.7 Å². The first-order valence-corrected chi connectivity index (χ1v) is 7.10. The van der Waals surface area contributed by atoms with Crippen LogP contribution in [0.2, 0.25) is 0 Å². The minimum atomic E-state index is -4.03. The van der Waals surface area contributed by atoms with Gasteiger partial charge in [0, 0.05) is 12.1 Å². The van der Waals surface area contributed by atoms with Gasteiger partial charge in [-0.2, -0.15) is 4.31 Å². The summed E-state index contributed by atoms with van der Waals surface area (Å²) in [6.45, 7) is 6.76. The van der Waals surface area contributed by atoms with Gasteiger partial charge in [0.25, 0.3) is 0 Å². The number of hydrogen-bond donors (Lipinski definition) is 0. The van der Waals surface area contributed by atoms with Gasteiger partial charge in [-0.3, -0.25) is 0 Å². The normalized spacial score (nSPS) is 12.7. The fourth-order valence-electron chi connectivity index (χ4n) is 1.94. The topological polar surface area (TPSA) is 37.4 Å². The van der Waals surface area contributed by atoms with Gasteiger partial charge in [-0.1, -0.05) is 0 Å². The van der Waals surface area contributed by atoms with Crippen molar-refractivity contribution in [3.05, 3.63) is 29.8 Å². The van der Waals surface area contributed by atoms with Crippen molar-refractivity contribution in [2.24, 2.45) is 0 Å². The van der Waals surface area contributed by atoms with Crippen LogP contribution in [0.3, 0.4) is 0 Å². The highest BCUT2D eigenvalue weighted by atomic mass is 32.2. The molecule has 0 atom stereocenters. The third-order valence-electron chi connectivity index (χ3n) is 2.47. The third kappa shape index (κ3) is 2.87. The number of rotatable bonds is 4. The van der Waals surface area contributed by atoms with Crippen LogP contribution >= 0.6 is 0 Å². The van der Waals surface area contributed by atoms with Crippen LogP contribution < -0.4 is 0 Å². The Morgan fingerprint density at radius 3 is 2.00 bits per heavy atom. The molecule has 0 saturated carbocycles. The molecule has 0 bridgehead atoms. The molecule has 1 aromatic rings. The fraction of sp³-hybridized carbons (Fsp3) is 0.500. The van der Waals surface area contributed by atoms with E-state index in [0.29, 0.717) is 6.07 Å². The summed E-state index contributed by atoms with van der Waals surface area (Å²) in [5, 5.41) is 0. The molecular formula is C12H17F2NO2S. The van der Waals surface area contributed by atoms with E-state index < -0.39 is 26.6 Å². The van der Waals surface area contributed by atoms with Gasteiger partial charge in [-0.25, -0.2) is 17.2 Å². The Bertz CT molecular complexity index is 519. The first-order chi connectivity index (χ1) is 8.17. The second-order valence-corrected chi connectivity index (χ2v) is 6.41. The molecule has 0 aromatic heterocycles. The fourth-order valence-corrected chi connectivity index (χ4v) is 3.85. The van der Waals surface area contributed by atoms with Gasteiger partial charge >= 0.3 is 0 Å². The summed E-state index contributed by atoms with van der Waals surface area (Å²) >= 11 is 0. The average molecular weight is 277 g/mol. The molecule has 0 heterocycles. The molecule has 0 amide bonds. The highest BCUT2D eigenvalue weighted by Crippen LogP contribution is 2.24. The zero-order chi connectivity index (χ0) is 14.1. The predicted octanol–water partition coefficient (Wildman–Crippen LogP) is 2.77. The largest absolute Gasteiger partial charge is 0.246 e. The molecule has 0 saturated heterocycles. The van der Waals surface area contributed by atoms with E-state index in [4.69, 9.17) is 0 Å². The van der Waals surface area contributed by atoms with Gasteiger partial charge in [0.1, 0.15) is 16.5 Å². The van der Waals surface area contributed by atoms with E-state index in [-0.39, 0.29) is 12.1 Å². The molecule has 102 valence electrons. The molecule has 0 aliphatic carbocycles. The molecule has 0 radical (unpaired) electrons. The summed E-state index contributed by atoms with van der Waals surface area (Å²) in [6, 6.07) is 1.75. The standard InChI is InChI=1S/C12H17F2NO2S/c1-8(2)15(9(3)4)18(16,17)12-7-10(13)5-6-11(12)14/h5-9H,1-4H3. The molecule has 0 aliphatic heterocycles. The zero-order valence-electron chi connectivity index (χ0n) is 10.8. The van der Waals surface area contributed by atoms with Gasteiger partial charge in [-0.15, -0.1) is 0 Å². The van der Waals surface area contributed by atoms with E-state index in [1.54, 1.807) is 27.7 Å². The van der Waals surface area contributed by atoms with Crippen LogP contribution in [0.4, 0.5) is 8.78 Å². The Morgan fingerprint density at radius 1 is 1.06 bits per heavy atom. The first kappa shape index (κ1) is 15.0. The second kappa shape index (κ2) is 5.32. The lowest BCUT2D eigenvalue weighted by Crippen LogP contribution is -2.42. The number of sulfonamides is 1. The Labute approximate surface area is 106 Å². The Morgan fingerprint density at radius 2 is 1.56 bits per heavy atom. The van der Waals surface area contributed by atoms with Crippen molar-refractivity contribution in [2.75, 3.05) is 0 Å². The van der Waals surface area contributed by atoms with E-state index in [1.807, 2.05) is 0 Å². The molecule has 1 rings (SSSR count). The van der Waals surface area contributed by atoms with E-state index in [0.717, 1.165) is 16.4 Å². The smallest absolute Gasteiger partial charge is 0.207 e. The van der Waals surface area contributed by atoms with Gasteiger partial charge in [0.2, 0.25) is 10.0 Å². The van der Waals surface area contributed by atoms with E-state index >= 15 is 0 Å². The maximum atomic E-state index is 13.6. The van der Waals surface area contributed by atoms with Gasteiger partial charge in [0.05, 0.1) is 0 Å². The lowest BCUT2D eigenvalue weighted by Gasteiger charge is -2.29. The van der Waals surface area contributed by atoms with Crippen molar-refractivity contribution >= 4 is 10.0 Å². The SMILES string of the molecule is CC(C)N(C(C)C)S(=O)(=O)c1cc(F)ccc1F. The minimum Gasteiger partial charge on any atom is -0.207 e. The summed E-state index contributed by atoms with van der Waals surface area (Å²) in [4.78, 5) is -0.620. The highest BCUT2D eigenvalue weighted by Gasteiger charge is 2.31. The quantitative estimate of drug-likeness (QED) is 0.848. The molecule has 1 aromatic carbocycles. The monoisotopic (exact) mass is 277 g/mol. The molecule has 0 unspecified atom stereocenters. The van der Waals surface area contributed by atoms with Crippen LogP contribution in [0.1, 0.15) is 27.7 Å². The van der Waals surface area contributed by atoms with Gasteiger partial charge in [-0.05, 0) is 45.9 Å². The lowest BCUT2D eigenvalue weighted by atomic mass is 10.3. The van der Waals surface area contributed by atoms with Crippen LogP contribution in [0.5, 0.6) is 0 Å². The van der Waals surface area contributed by atoms with E-state index in [2.05, 4.69) is 0 Å². The average Bonchev–Trinajstić information content (AvgIpc) is 2.19. The summed E-state index contributed by atoms with van der Waals surface area (Å²) in [5.74, 6) is -1.72. The summed E-state index contributed by atoms with van der Waals surface area (Å²) in [6.07, 6.45) is 0. The summed E-state index contributed by atoms with van der Waals surface area (Å²) < 4.78 is 52.4. The van der Waals surface area contributed by atoms with Crippen LogP contribution in [-0.4, -0.2) is 24.8 Å². The summed E-state index contributed by atoms with van der Waals surface area (Å²) in [7, 11) is -4.03. The molecule has 3 nitrogen and oxygen atoms in total. The number of benzene rings is 1. The van der Waals surface area contributed by atoms with Gasteiger partial charge < -0.3 is 0 Å². The summed E-state index contributed by atoms with van der Waals surface area (Å²) in [5.41, 5.74) is 0. The van der Waals surface area contributed by atoms with Crippen molar-refractivity contribution in [3.8, 4) is 0 Å². The number of halogens is 2. The van der Waals surface area contributed by atoms with Crippen molar-refractivity contribution in [1.29, 1.82) is 0 Å². The highest BCUT2D eigenvalue weighted by molar-refractivity contribution is 7.89. The van der Waals surface area contributed by atoms with E-state index in [9.17, 15) is 17.2 Å². The number of nitrogens with zero attached hydrogens (tertiary/aromatic N) is 1. The maximum Gasteiger partial charge on any atom is 0.246 e. The molecule has 18 heavy (non-hydrogen) atoms. The Balaban J connectivity index is 3.40. The van der Waals surface area contributed by atoms with Crippen molar-refractivity contribution < 1.29 is 17.2 Å². The van der Waals surface area contributed by atoms with Crippen LogP contribution in [-0.2, 0) is 10.0 Å². The third-order valence-corrected chi connectivity index (χ3v) is 4.73. The first-order valence-electron chi connectivity index (χ1n) is 5.66. The zero-order valence-corrected chi connectivity index (χ0v) is 11.6. The predicted molar refractivity (Wildman–Crippen MR) is 65.7 cm³/mol. The Hall–Kier alpha value is -1.01. The van der Waals surface area contributed by atoms with E-state index in [1.165, 1.54) is 0 Å². The van der Waals surface area contributed by atoms with Crippen molar-refractivity contribution in [3.63, 3.8) is 0 Å². The molecule has 0 fully saturated rings. The van der Waals surface area contributed by atoms with Crippen LogP contribution in [0, 0.1) is 11.6 Å². The Kier molecular flexibility index (Phi) is 4.45. The second-order valence-electron chi connectivity index (χ2n) is 4.60. The maximum absolute atomic E-state index is 13.6. The van der Waals surface area contributed by atoms with Gasteiger partial charge in [0.15, 0.2) is 0 Å². The lowest BCUT2D eigenvalue weighted by molar-refractivity contribution is 0.301. The van der Waals surface area contributed by atoms with Crippen LogP contribution in [0.25, 0.3) is 0 Å². The molecule has 0 N–H and O–H groups in total. The molecular weight excluding hydrogens is 260 g/mol. The van der Waals surface area contributed by atoms with Crippen molar-refractivity contribution in [1.82, 2.24) is 4.31 Å². The number of hydrogen-bond acceptors (Lipinski definition) is 2. The molecule has 0 spiro atoms. The molecule has 0 aliphatic rings. The minimum absolute atomic E-state index is 0.335. The molecule has 6 heteroatoms.